The summed E-state index contributed by atoms with van der Waals surface area (Å²) in [6.07, 6.45) is 3.07. The van der Waals surface area contributed by atoms with Gasteiger partial charge in [0.25, 0.3) is 0 Å². The van der Waals surface area contributed by atoms with Gasteiger partial charge in [-0.1, -0.05) is 61.4 Å². The summed E-state index contributed by atoms with van der Waals surface area (Å²) in [5.74, 6) is 1.79. The average molecular weight is 376 g/mol. The van der Waals surface area contributed by atoms with Crippen LogP contribution in [0.15, 0.2) is 72.8 Å². The van der Waals surface area contributed by atoms with Crippen molar-refractivity contribution in [3.05, 3.63) is 89.5 Å². The Hall–Kier alpha value is -2.94. The number of rotatable bonds is 3. The minimum absolute atomic E-state index is 0.00240. The Kier molecular flexibility index (Phi) is 6.59. The second-order valence-corrected chi connectivity index (χ2v) is 7.33. The number of phenols is 2. The lowest BCUT2D eigenvalue weighted by Crippen LogP contribution is -2.25. The summed E-state index contributed by atoms with van der Waals surface area (Å²) in [6, 6.07) is 22.8. The van der Waals surface area contributed by atoms with E-state index in [-0.39, 0.29) is 17.6 Å². The molecular formula is C25H28O3. The van der Waals surface area contributed by atoms with E-state index in [1.54, 1.807) is 24.3 Å². The second-order valence-electron chi connectivity index (χ2n) is 7.33. The summed E-state index contributed by atoms with van der Waals surface area (Å²) < 4.78 is 6.19. The smallest absolute Gasteiger partial charge is 0.127 e. The van der Waals surface area contributed by atoms with Crippen molar-refractivity contribution in [2.24, 2.45) is 5.92 Å². The van der Waals surface area contributed by atoms with E-state index in [9.17, 15) is 10.2 Å². The number of aromatic hydroxyl groups is 2. The maximum Gasteiger partial charge on any atom is 0.127 e. The molecule has 0 radical (unpaired) electrons. The molecule has 3 nitrogen and oxygen atoms in total. The lowest BCUT2D eigenvalue weighted by molar-refractivity contribution is 0.107. The number of benzene rings is 3. The average Bonchev–Trinajstić information content (AvgIpc) is 2.69. The molecule has 3 aromatic carbocycles. The molecule has 3 aromatic rings. The molecule has 0 saturated heterocycles. The van der Waals surface area contributed by atoms with Crippen LogP contribution in [0.1, 0.15) is 42.6 Å². The highest BCUT2D eigenvalue weighted by Crippen LogP contribution is 2.41. The summed E-state index contributed by atoms with van der Waals surface area (Å²) in [5, 5.41) is 19.1. The Morgan fingerprint density at radius 3 is 2.18 bits per heavy atom. The van der Waals surface area contributed by atoms with E-state index in [0.717, 1.165) is 36.1 Å². The van der Waals surface area contributed by atoms with Gasteiger partial charge in [0.05, 0.1) is 0 Å². The third kappa shape index (κ3) is 5.07. The van der Waals surface area contributed by atoms with Gasteiger partial charge in [-0.15, -0.1) is 0 Å². The summed E-state index contributed by atoms with van der Waals surface area (Å²) in [5.41, 5.74) is 3.48. The van der Waals surface area contributed by atoms with Gasteiger partial charge in [0.15, 0.2) is 0 Å². The summed E-state index contributed by atoms with van der Waals surface area (Å²) >= 11 is 0. The number of fused-ring (bicyclic) bond motifs is 1. The maximum atomic E-state index is 9.63. The van der Waals surface area contributed by atoms with Crippen molar-refractivity contribution >= 4 is 0 Å². The molecule has 146 valence electrons. The van der Waals surface area contributed by atoms with Crippen LogP contribution in [0.2, 0.25) is 0 Å². The van der Waals surface area contributed by atoms with E-state index in [1.807, 2.05) is 36.4 Å². The second kappa shape index (κ2) is 9.32. The van der Waals surface area contributed by atoms with Crippen LogP contribution in [-0.4, -0.2) is 10.2 Å². The molecule has 0 unspecified atom stereocenters. The number of hydrogen-bond acceptors (Lipinski definition) is 3. The first kappa shape index (κ1) is 19.8. The number of phenolic OH excluding ortho intramolecular Hbond substituents is 2. The van der Waals surface area contributed by atoms with E-state index in [0.29, 0.717) is 5.92 Å². The van der Waals surface area contributed by atoms with Gasteiger partial charge in [0, 0.05) is 5.92 Å². The summed E-state index contributed by atoms with van der Waals surface area (Å²) in [7, 11) is 0. The van der Waals surface area contributed by atoms with Gasteiger partial charge < -0.3 is 14.9 Å². The van der Waals surface area contributed by atoms with E-state index in [4.69, 9.17) is 4.74 Å². The predicted molar refractivity (Wildman–Crippen MR) is 113 cm³/mol. The maximum absolute atomic E-state index is 9.63. The fraction of sp³-hybridized carbons (Fsp3) is 0.280. The molecule has 1 aliphatic heterocycles. The van der Waals surface area contributed by atoms with E-state index >= 15 is 0 Å². The molecular weight excluding hydrogens is 348 g/mol. The Balaban J connectivity index is 0.000000271. The van der Waals surface area contributed by atoms with Gasteiger partial charge in [-0.2, -0.15) is 0 Å². The van der Waals surface area contributed by atoms with Gasteiger partial charge in [-0.05, 0) is 61.2 Å². The molecule has 1 heterocycles. The van der Waals surface area contributed by atoms with Crippen LogP contribution in [0.5, 0.6) is 17.2 Å². The van der Waals surface area contributed by atoms with Crippen LogP contribution in [-0.2, 0) is 6.42 Å². The Bertz CT molecular complexity index is 872. The van der Waals surface area contributed by atoms with Crippen LogP contribution in [0.3, 0.4) is 0 Å². The molecule has 0 spiro atoms. The molecule has 3 heteroatoms. The molecule has 4 rings (SSSR count). The van der Waals surface area contributed by atoms with E-state index in [1.165, 1.54) is 5.56 Å². The third-order valence-corrected chi connectivity index (χ3v) is 5.03. The zero-order valence-electron chi connectivity index (χ0n) is 16.5. The molecule has 0 fully saturated rings. The third-order valence-electron chi connectivity index (χ3n) is 5.03. The highest BCUT2D eigenvalue weighted by molar-refractivity contribution is 5.42. The van der Waals surface area contributed by atoms with Crippen molar-refractivity contribution in [3.8, 4) is 17.2 Å². The molecule has 2 N–H and O–H groups in total. The number of aryl methyl sites for hydroxylation is 1. The first-order valence-electron chi connectivity index (χ1n) is 9.86. The molecule has 1 aliphatic rings. The quantitative estimate of drug-likeness (QED) is 0.573. The first-order valence-corrected chi connectivity index (χ1v) is 9.86. The highest BCUT2D eigenvalue weighted by atomic mass is 16.5. The van der Waals surface area contributed by atoms with Gasteiger partial charge in [-0.3, -0.25) is 0 Å². The minimum atomic E-state index is 0.00240. The van der Waals surface area contributed by atoms with Gasteiger partial charge in [0.2, 0.25) is 0 Å². The largest absolute Gasteiger partial charge is 0.508 e. The monoisotopic (exact) mass is 376 g/mol. The normalized spacial score (nSPS) is 17.6. The Labute approximate surface area is 167 Å². The zero-order valence-corrected chi connectivity index (χ0v) is 16.5. The molecule has 28 heavy (non-hydrogen) atoms. The first-order chi connectivity index (χ1) is 13.6. The molecule has 2 atom stereocenters. The van der Waals surface area contributed by atoms with Crippen molar-refractivity contribution in [3.63, 3.8) is 0 Å². The van der Waals surface area contributed by atoms with Gasteiger partial charge in [-0.25, -0.2) is 0 Å². The molecule has 0 aliphatic carbocycles. The number of hydrogen-bond donors (Lipinski definition) is 2. The molecule has 0 aromatic heterocycles. The van der Waals surface area contributed by atoms with Crippen molar-refractivity contribution in [1.29, 1.82) is 0 Å². The Morgan fingerprint density at radius 1 is 0.893 bits per heavy atom. The fourth-order valence-corrected chi connectivity index (χ4v) is 3.63. The topological polar surface area (TPSA) is 49.7 Å². The predicted octanol–water partition coefficient (Wildman–Crippen LogP) is 6.19. The summed E-state index contributed by atoms with van der Waals surface area (Å²) in [4.78, 5) is 0. The van der Waals surface area contributed by atoms with Crippen LogP contribution >= 0.6 is 0 Å². The SMILES string of the molecule is CCC[C@H]1Cc2cc(O)ccc2O[C@H]1c1ccc(O)cc1.Cc1ccccc1. The van der Waals surface area contributed by atoms with Crippen LogP contribution < -0.4 is 4.74 Å². The van der Waals surface area contributed by atoms with E-state index < -0.39 is 0 Å². The van der Waals surface area contributed by atoms with Crippen LogP contribution in [0, 0.1) is 12.8 Å². The standard InChI is InChI=1S/C18H20O3.C7H8/c1-2-3-13-10-14-11-16(20)8-9-17(14)21-18(13)12-4-6-15(19)7-5-12;1-7-5-3-2-4-6-7/h4-9,11,13,18-20H,2-3,10H2,1H3;2-6H,1H3/t13-,18-;/m0./s1. The van der Waals surface area contributed by atoms with Gasteiger partial charge >= 0.3 is 0 Å². The van der Waals surface area contributed by atoms with Crippen molar-refractivity contribution in [2.75, 3.05) is 0 Å². The lowest BCUT2D eigenvalue weighted by atomic mass is 9.84. The van der Waals surface area contributed by atoms with Crippen molar-refractivity contribution < 1.29 is 14.9 Å². The number of ether oxygens (including phenoxy) is 1. The van der Waals surface area contributed by atoms with E-state index in [2.05, 4.69) is 26.0 Å². The summed E-state index contributed by atoms with van der Waals surface area (Å²) in [6.45, 7) is 4.26. The van der Waals surface area contributed by atoms with Crippen LogP contribution in [0.25, 0.3) is 0 Å². The molecule has 0 saturated carbocycles. The minimum Gasteiger partial charge on any atom is -0.508 e. The fourth-order valence-electron chi connectivity index (χ4n) is 3.63. The Morgan fingerprint density at radius 2 is 1.57 bits per heavy atom. The van der Waals surface area contributed by atoms with Crippen molar-refractivity contribution in [2.45, 2.75) is 39.2 Å². The molecule has 0 bridgehead atoms. The van der Waals surface area contributed by atoms with Gasteiger partial charge in [0.1, 0.15) is 23.4 Å². The molecule has 0 amide bonds. The zero-order chi connectivity index (χ0) is 19.9. The van der Waals surface area contributed by atoms with Crippen LogP contribution in [0.4, 0.5) is 0 Å². The van der Waals surface area contributed by atoms with Crippen molar-refractivity contribution in [1.82, 2.24) is 0 Å². The lowest BCUT2D eigenvalue weighted by Gasteiger charge is -2.34. The highest BCUT2D eigenvalue weighted by Gasteiger charge is 2.30.